The summed E-state index contributed by atoms with van der Waals surface area (Å²) in [6.45, 7) is 5.50. The first-order valence-corrected chi connectivity index (χ1v) is 30.7. The Morgan fingerprint density at radius 2 is 0.718 bits per heavy atom. The Morgan fingerprint density at radius 1 is 0.437 bits per heavy atom. The average molecular weight is 1180 g/mol. The van der Waals surface area contributed by atoms with Crippen LogP contribution in [0.4, 0.5) is 0 Å². The van der Waals surface area contributed by atoms with Gasteiger partial charge < -0.3 is 0 Å². The predicted octanol–water partition coefficient (Wildman–Crippen LogP) is 19.0. The maximum atomic E-state index is 13.6. The zero-order valence-electron chi connectivity index (χ0n) is 41.0. The molecule has 8 rings (SSSR count). The number of halogens is 2. The standard InChI is InChI=1S/C28H31Br2NO2S2.C28H33NO2S2.BHNS/c1-2-3-4-5-6-7-8-9-10-11-18-31-27(32)25-19(21-14-16-23(29)34-21)12-13-20(26(25)28(31)33)22-15-17-24(30)35-22;1-2-3-4-5-6-7-8-9-10-11-18-29-27(30)25-21(23-14-12-19-32-23)16-17-22(26(25)28(29)31)24-15-13-20-33-24;1-2-3/h12-17H,2-11,18H2,1H3;12-17,19-20H,2-11,18H2,1H3;3H. The first kappa shape index (κ1) is 57.0. The number of rotatable bonds is 26. The van der Waals surface area contributed by atoms with Crippen LogP contribution in [0.1, 0.15) is 184 Å². The van der Waals surface area contributed by atoms with Crippen LogP contribution >= 0.6 is 90.0 Å². The van der Waals surface area contributed by atoms with Crippen molar-refractivity contribution in [3.8, 4) is 41.8 Å². The van der Waals surface area contributed by atoms with E-state index < -0.39 is 0 Å². The molecule has 0 spiro atoms. The van der Waals surface area contributed by atoms with Gasteiger partial charge in [-0.05, 0) is 91.9 Å². The van der Waals surface area contributed by atoms with Gasteiger partial charge in [0.05, 0.1) is 29.8 Å². The molecule has 0 atom stereocenters. The molecule has 0 bridgehead atoms. The molecular weight excluding hydrogens is 1110 g/mol. The Balaban J connectivity index is 0.000000221. The molecule has 2 aromatic carbocycles. The van der Waals surface area contributed by atoms with Crippen LogP contribution in [0.2, 0.25) is 0 Å². The van der Waals surface area contributed by atoms with E-state index in [1.807, 2.05) is 83.6 Å². The number of hydrogen-bond donors (Lipinski definition) is 1. The van der Waals surface area contributed by atoms with Gasteiger partial charge in [0.15, 0.2) is 0 Å². The van der Waals surface area contributed by atoms with Gasteiger partial charge in [-0.25, -0.2) is 0 Å². The number of amides is 4. The molecule has 7 nitrogen and oxygen atoms in total. The Morgan fingerprint density at radius 3 is 0.972 bits per heavy atom. The molecule has 0 saturated carbocycles. The third kappa shape index (κ3) is 15.4. The molecule has 6 heterocycles. The second-order valence-electron chi connectivity index (χ2n) is 18.0. The minimum atomic E-state index is -0.155. The van der Waals surface area contributed by atoms with Gasteiger partial charge >= 0.3 is 24.8 Å². The molecule has 71 heavy (non-hydrogen) atoms. The average Bonchev–Trinajstić information content (AvgIpc) is 4.26. The molecule has 4 aromatic heterocycles. The maximum absolute atomic E-state index is 13.6. The number of unbranched alkanes of at least 4 members (excludes halogenated alkanes) is 18. The Hall–Kier alpha value is -3.31. The van der Waals surface area contributed by atoms with Gasteiger partial charge in [0.2, 0.25) is 0 Å². The van der Waals surface area contributed by atoms with Gasteiger partial charge in [-0.2, -0.15) is 0 Å². The van der Waals surface area contributed by atoms with E-state index in [1.54, 1.807) is 45.3 Å². The number of carbonyl (C=O) groups excluding carboxylic acids is 4. The molecule has 2 aliphatic rings. The number of imide groups is 2. The van der Waals surface area contributed by atoms with E-state index in [0.29, 0.717) is 35.3 Å². The number of fused-ring (bicyclic) bond motifs is 2. The van der Waals surface area contributed by atoms with Crippen LogP contribution in [0.15, 0.2) is 95.4 Å². The number of nitrogens with zero attached hydrogens (tertiary/aromatic N) is 3. The Kier molecular flexibility index (Phi) is 24.2. The van der Waals surface area contributed by atoms with Crippen molar-refractivity contribution in [3.63, 3.8) is 0 Å². The van der Waals surface area contributed by atoms with E-state index >= 15 is 0 Å². The van der Waals surface area contributed by atoms with Crippen LogP contribution in [0.3, 0.4) is 0 Å². The van der Waals surface area contributed by atoms with Crippen LogP contribution < -0.4 is 0 Å². The van der Waals surface area contributed by atoms with E-state index in [4.69, 9.17) is 0 Å². The molecule has 6 aromatic rings. The fourth-order valence-electron chi connectivity index (χ4n) is 9.34. The predicted molar refractivity (Wildman–Crippen MR) is 313 cm³/mol. The van der Waals surface area contributed by atoms with Crippen LogP contribution in [0.5, 0.6) is 0 Å². The first-order chi connectivity index (χ1) is 34.6. The zero-order chi connectivity index (χ0) is 50.5. The monoisotopic (exact) mass is 1170 g/mol. The van der Waals surface area contributed by atoms with Gasteiger partial charge in [0.25, 0.3) is 23.6 Å². The Labute approximate surface area is 461 Å². The molecule has 0 fully saturated rings. The summed E-state index contributed by atoms with van der Waals surface area (Å²) < 4.78 is 4.71. The molecule has 0 aliphatic carbocycles. The van der Waals surface area contributed by atoms with Crippen molar-refractivity contribution in [1.82, 2.24) is 9.80 Å². The summed E-state index contributed by atoms with van der Waals surface area (Å²) in [4.78, 5) is 61.1. The summed E-state index contributed by atoms with van der Waals surface area (Å²) in [5, 5.41) is 4.02. The van der Waals surface area contributed by atoms with E-state index in [2.05, 4.69) is 70.5 Å². The summed E-state index contributed by atoms with van der Waals surface area (Å²) in [5.41, 5.74) is 5.73. The second-order valence-corrected chi connectivity index (χ2v) is 25.0. The van der Waals surface area contributed by atoms with Crippen LogP contribution in [0.25, 0.3) is 41.8 Å². The van der Waals surface area contributed by atoms with Crippen LogP contribution in [0, 0.1) is 0 Å². The minimum absolute atomic E-state index is 0.132. The number of thiophene rings is 4. The SMILES string of the molecule is CCCCCCCCCCCCN1C(=O)c2c(-c3ccc(Br)s3)ccc(-c3ccc(Br)s3)c2C1=O.CCCCCCCCCCCCN1C(=O)c2c(-c3cccs3)ccc(-c3cccs3)c2C1=O.[B]=NS. The van der Waals surface area contributed by atoms with Gasteiger partial charge in [-0.1, -0.05) is 166 Å². The third-order valence-electron chi connectivity index (χ3n) is 13.0. The van der Waals surface area contributed by atoms with Crippen molar-refractivity contribution in [3.05, 3.63) is 113 Å². The fraction of sp³-hybridized carbons (Fsp3) is 0.429. The van der Waals surface area contributed by atoms with Crippen molar-refractivity contribution < 1.29 is 19.2 Å². The van der Waals surface area contributed by atoms with Crippen molar-refractivity contribution in [2.75, 3.05) is 13.1 Å². The topological polar surface area (TPSA) is 87.1 Å². The van der Waals surface area contributed by atoms with E-state index in [9.17, 15) is 19.2 Å². The summed E-state index contributed by atoms with van der Waals surface area (Å²) >= 11 is 16.6. The quantitative estimate of drug-likeness (QED) is 0.0254. The summed E-state index contributed by atoms with van der Waals surface area (Å²) in [6.07, 6.45) is 24.6. The van der Waals surface area contributed by atoms with Gasteiger partial charge in [0, 0.05) is 54.9 Å². The zero-order valence-corrected chi connectivity index (χ0v) is 48.4. The van der Waals surface area contributed by atoms with Crippen molar-refractivity contribution in [2.45, 2.75) is 142 Å². The molecular formula is C56H65BBr2N3O4S5. The molecule has 0 saturated heterocycles. The van der Waals surface area contributed by atoms with Gasteiger partial charge in [-0.3, -0.25) is 29.0 Å². The normalized spacial score (nSPS) is 12.8. The number of benzene rings is 2. The van der Waals surface area contributed by atoms with Crippen molar-refractivity contribution >= 4 is 121 Å². The molecule has 0 unspecified atom stereocenters. The van der Waals surface area contributed by atoms with Gasteiger partial charge in [0.1, 0.15) is 0 Å². The molecule has 0 N–H and O–H groups in total. The summed E-state index contributed by atoms with van der Waals surface area (Å²) in [6, 6.07) is 24.0. The van der Waals surface area contributed by atoms with E-state index in [-0.39, 0.29) is 23.6 Å². The van der Waals surface area contributed by atoms with E-state index in [1.165, 1.54) is 113 Å². The third-order valence-corrected chi connectivity index (χ3v) is 18.1. The molecule has 15 heteroatoms. The fourth-order valence-corrected chi connectivity index (χ4v) is 13.7. The summed E-state index contributed by atoms with van der Waals surface area (Å²) in [5.74, 6) is -0.573. The van der Waals surface area contributed by atoms with Gasteiger partial charge in [-0.15, -0.1) is 45.3 Å². The second kappa shape index (κ2) is 30.2. The van der Waals surface area contributed by atoms with E-state index in [0.717, 1.165) is 75.0 Å². The molecule has 2 aliphatic heterocycles. The summed E-state index contributed by atoms with van der Waals surface area (Å²) in [7, 11) is 4.34. The number of thiol groups is 1. The number of carbonyl (C=O) groups is 4. The molecule has 1 radical (unpaired) electrons. The number of hydrogen-bond acceptors (Lipinski definition) is 10. The van der Waals surface area contributed by atoms with Crippen LogP contribution in [-0.4, -0.2) is 54.2 Å². The Bertz CT molecular complexity index is 2510. The first-order valence-electron chi connectivity index (χ1n) is 25.3. The van der Waals surface area contributed by atoms with Crippen LogP contribution in [-0.2, 0) is 0 Å². The molecule has 4 amide bonds. The molecule has 375 valence electrons. The van der Waals surface area contributed by atoms with Crippen molar-refractivity contribution in [1.29, 1.82) is 0 Å². The van der Waals surface area contributed by atoms with Crippen molar-refractivity contribution in [2.24, 2.45) is 4.30 Å².